The number of hydrogen-bond donors (Lipinski definition) is 0. The predicted octanol–water partition coefficient (Wildman–Crippen LogP) is 1.32. The third kappa shape index (κ3) is 5.34. The van der Waals surface area contributed by atoms with Crippen LogP contribution in [0.3, 0.4) is 0 Å². The number of ether oxygens (including phenoxy) is 1. The lowest BCUT2D eigenvalue weighted by Crippen LogP contribution is -3.00. The summed E-state index contributed by atoms with van der Waals surface area (Å²) in [4.78, 5) is 2.31. The second kappa shape index (κ2) is 10.9. The number of rotatable bonds is 7. The van der Waals surface area contributed by atoms with Crippen LogP contribution in [0.4, 0.5) is 0 Å². The van der Waals surface area contributed by atoms with Crippen molar-refractivity contribution < 1.29 is 17.1 Å². The van der Waals surface area contributed by atoms with Gasteiger partial charge in [-0.05, 0) is 24.2 Å². The van der Waals surface area contributed by atoms with E-state index in [0.29, 0.717) is 6.42 Å². The molecule has 0 saturated heterocycles. The summed E-state index contributed by atoms with van der Waals surface area (Å²) in [7, 11) is 1.77. The molecule has 0 N–H and O–H groups in total. The second-order valence-electron chi connectivity index (χ2n) is 5.75. The highest BCUT2D eigenvalue weighted by Crippen LogP contribution is 2.36. The first kappa shape index (κ1) is 21.3. The first-order chi connectivity index (χ1) is 11.8. The normalized spacial score (nSPS) is 10.7. The molecule has 25 heavy (non-hydrogen) atoms. The van der Waals surface area contributed by atoms with Gasteiger partial charge in [-0.1, -0.05) is 86.4 Å². The van der Waals surface area contributed by atoms with Gasteiger partial charge in [0.05, 0.1) is 6.54 Å². The van der Waals surface area contributed by atoms with E-state index in [0.717, 1.165) is 30.8 Å². The number of methoxy groups -OCH3 is 1. The zero-order valence-electron chi connectivity index (χ0n) is 15.3. The van der Waals surface area contributed by atoms with Crippen molar-refractivity contribution in [3.8, 4) is 11.8 Å². The Morgan fingerprint density at radius 1 is 0.840 bits per heavy atom. The molecule has 2 aromatic rings. The summed E-state index contributed by atoms with van der Waals surface area (Å²) in [5.41, 5.74) is 1.74. The first-order valence-electron chi connectivity index (χ1n) is 8.61. The van der Waals surface area contributed by atoms with Crippen LogP contribution in [0.1, 0.15) is 31.4 Å². The van der Waals surface area contributed by atoms with E-state index in [4.69, 9.17) is 4.74 Å². The molecule has 0 saturated carbocycles. The highest BCUT2D eigenvalue weighted by Gasteiger charge is 2.33. The molecule has 0 unspecified atom stereocenters. The van der Waals surface area contributed by atoms with Crippen LogP contribution in [0, 0.1) is 11.8 Å². The zero-order valence-corrected chi connectivity index (χ0v) is 16.1. The SMILES string of the molecule is CCN(CC)CC#CCC(OC)(c1ccccc1)c1ccccc1.[Cl-]. The third-order valence-corrected chi connectivity index (χ3v) is 4.49. The second-order valence-corrected chi connectivity index (χ2v) is 5.75. The van der Waals surface area contributed by atoms with Gasteiger partial charge in [-0.3, -0.25) is 4.90 Å². The topological polar surface area (TPSA) is 12.5 Å². The summed E-state index contributed by atoms with van der Waals surface area (Å²) < 4.78 is 6.05. The lowest BCUT2D eigenvalue weighted by molar-refractivity contribution is -0.00000910. The van der Waals surface area contributed by atoms with Crippen molar-refractivity contribution in [1.82, 2.24) is 4.90 Å². The van der Waals surface area contributed by atoms with E-state index in [-0.39, 0.29) is 12.4 Å². The fraction of sp³-hybridized carbons (Fsp3) is 0.364. The Kier molecular flexibility index (Phi) is 9.31. The van der Waals surface area contributed by atoms with Crippen LogP contribution >= 0.6 is 0 Å². The molecule has 2 nitrogen and oxygen atoms in total. The van der Waals surface area contributed by atoms with Gasteiger partial charge in [0, 0.05) is 13.5 Å². The number of halogens is 1. The average Bonchev–Trinajstić information content (AvgIpc) is 2.67. The molecule has 0 bridgehead atoms. The Hall–Kier alpha value is -1.79. The molecule has 0 aliphatic heterocycles. The minimum Gasteiger partial charge on any atom is -1.00 e. The van der Waals surface area contributed by atoms with E-state index >= 15 is 0 Å². The van der Waals surface area contributed by atoms with E-state index < -0.39 is 5.60 Å². The molecule has 2 aromatic carbocycles. The minimum absolute atomic E-state index is 0. The van der Waals surface area contributed by atoms with Crippen molar-refractivity contribution in [3.05, 3.63) is 71.8 Å². The van der Waals surface area contributed by atoms with Gasteiger partial charge >= 0.3 is 0 Å². The van der Waals surface area contributed by atoms with Crippen molar-refractivity contribution in [2.45, 2.75) is 25.9 Å². The summed E-state index contributed by atoms with van der Waals surface area (Å²) in [6.45, 7) is 7.18. The van der Waals surface area contributed by atoms with Crippen molar-refractivity contribution in [2.75, 3.05) is 26.7 Å². The van der Waals surface area contributed by atoms with Crippen LogP contribution in [0.2, 0.25) is 0 Å². The van der Waals surface area contributed by atoms with Crippen molar-refractivity contribution in [1.29, 1.82) is 0 Å². The van der Waals surface area contributed by atoms with Gasteiger partial charge in [0.2, 0.25) is 0 Å². The Balaban J connectivity index is 0.00000312. The highest BCUT2D eigenvalue weighted by molar-refractivity contribution is 5.38. The quantitative estimate of drug-likeness (QED) is 0.694. The molecule has 2 rings (SSSR count). The molecule has 0 aliphatic carbocycles. The Morgan fingerprint density at radius 2 is 1.32 bits per heavy atom. The molecule has 3 heteroatoms. The third-order valence-electron chi connectivity index (χ3n) is 4.49. The zero-order chi connectivity index (χ0) is 17.3. The molecule has 0 aliphatic rings. The average molecular weight is 357 g/mol. The largest absolute Gasteiger partial charge is 1.00 e. The van der Waals surface area contributed by atoms with E-state index in [1.807, 2.05) is 12.1 Å². The lowest BCUT2D eigenvalue weighted by Gasteiger charge is -2.32. The molecule has 0 aromatic heterocycles. The fourth-order valence-electron chi connectivity index (χ4n) is 2.90. The van der Waals surface area contributed by atoms with Gasteiger partial charge < -0.3 is 17.1 Å². The summed E-state index contributed by atoms with van der Waals surface area (Å²) >= 11 is 0. The van der Waals surface area contributed by atoms with Crippen LogP contribution in [0.15, 0.2) is 60.7 Å². The molecule has 0 fully saturated rings. The molecule has 0 spiro atoms. The maximum Gasteiger partial charge on any atom is 0.129 e. The van der Waals surface area contributed by atoms with Gasteiger partial charge in [-0.2, -0.15) is 0 Å². The van der Waals surface area contributed by atoms with Crippen LogP contribution < -0.4 is 12.4 Å². The van der Waals surface area contributed by atoms with Gasteiger partial charge in [-0.15, -0.1) is 0 Å². The summed E-state index contributed by atoms with van der Waals surface area (Å²) in [5.74, 6) is 6.67. The van der Waals surface area contributed by atoms with Crippen LogP contribution in [-0.4, -0.2) is 31.6 Å². The molecular weight excluding hydrogens is 330 g/mol. The van der Waals surface area contributed by atoms with Crippen LogP contribution in [-0.2, 0) is 10.3 Å². The lowest BCUT2D eigenvalue weighted by atomic mass is 9.83. The van der Waals surface area contributed by atoms with Crippen LogP contribution in [0.5, 0.6) is 0 Å². The number of nitrogens with zero attached hydrogens (tertiary/aromatic N) is 1. The smallest absolute Gasteiger partial charge is 0.129 e. The Labute approximate surface area is 158 Å². The summed E-state index contributed by atoms with van der Waals surface area (Å²) in [6, 6.07) is 20.7. The van der Waals surface area contributed by atoms with E-state index in [9.17, 15) is 0 Å². The van der Waals surface area contributed by atoms with E-state index in [1.165, 1.54) is 0 Å². The standard InChI is InChI=1S/C22H27NO.ClH/c1-4-23(5-2)19-13-12-18-22(24-3,20-14-8-6-9-15-20)21-16-10-7-11-17-21;/h6-11,14-17H,4-5,18-19H2,1-3H3;1H/p-1. The molecule has 0 amide bonds. The predicted molar refractivity (Wildman–Crippen MR) is 101 cm³/mol. The van der Waals surface area contributed by atoms with Crippen molar-refractivity contribution >= 4 is 0 Å². The summed E-state index contributed by atoms with van der Waals surface area (Å²) in [5, 5.41) is 0. The van der Waals surface area contributed by atoms with Gasteiger partial charge in [0.15, 0.2) is 0 Å². The number of benzene rings is 2. The van der Waals surface area contributed by atoms with E-state index in [1.54, 1.807) is 7.11 Å². The van der Waals surface area contributed by atoms with Gasteiger partial charge in [0.25, 0.3) is 0 Å². The molecule has 0 heterocycles. The molecule has 134 valence electrons. The van der Waals surface area contributed by atoms with Gasteiger partial charge in [-0.25, -0.2) is 0 Å². The molecule has 0 atom stereocenters. The van der Waals surface area contributed by atoms with Crippen molar-refractivity contribution in [2.24, 2.45) is 0 Å². The van der Waals surface area contributed by atoms with E-state index in [2.05, 4.69) is 79.1 Å². The Morgan fingerprint density at radius 3 is 1.72 bits per heavy atom. The maximum absolute atomic E-state index is 6.05. The molecule has 0 radical (unpaired) electrons. The highest BCUT2D eigenvalue weighted by atomic mass is 35.5. The monoisotopic (exact) mass is 356 g/mol. The van der Waals surface area contributed by atoms with Gasteiger partial charge in [0.1, 0.15) is 5.60 Å². The Bertz CT molecular complexity index is 617. The summed E-state index contributed by atoms with van der Waals surface area (Å²) in [6.07, 6.45) is 0.638. The fourth-order valence-corrected chi connectivity index (χ4v) is 2.90. The molecular formula is C22H27ClNO-. The number of hydrogen-bond acceptors (Lipinski definition) is 2. The minimum atomic E-state index is -0.529. The van der Waals surface area contributed by atoms with Crippen molar-refractivity contribution in [3.63, 3.8) is 0 Å². The van der Waals surface area contributed by atoms with Crippen LogP contribution in [0.25, 0.3) is 0 Å². The first-order valence-corrected chi connectivity index (χ1v) is 8.61. The maximum atomic E-state index is 6.05.